The fraction of sp³-hybridized carbons (Fsp3) is 0.286. The monoisotopic (exact) mass is 296 g/mol. The van der Waals surface area contributed by atoms with Gasteiger partial charge in [0.05, 0.1) is 0 Å². The van der Waals surface area contributed by atoms with Crippen molar-refractivity contribution in [1.29, 1.82) is 0 Å². The van der Waals surface area contributed by atoms with Crippen LogP contribution in [-0.2, 0) is 0 Å². The predicted octanol–water partition coefficient (Wildman–Crippen LogP) is 0.672. The van der Waals surface area contributed by atoms with E-state index in [9.17, 15) is 0 Å². The summed E-state index contributed by atoms with van der Waals surface area (Å²) in [6.45, 7) is 4.04. The first-order chi connectivity index (χ1) is 10.9. The molecule has 1 aliphatic rings. The van der Waals surface area contributed by atoms with Crippen molar-refractivity contribution in [2.75, 3.05) is 36.4 Å². The van der Waals surface area contributed by atoms with Crippen molar-refractivity contribution in [1.82, 2.24) is 30.1 Å². The molecule has 0 bridgehead atoms. The molecule has 0 spiro atoms. The van der Waals surface area contributed by atoms with Crippen LogP contribution in [0.5, 0.6) is 0 Å². The number of fused-ring (bicyclic) bond motifs is 1. The summed E-state index contributed by atoms with van der Waals surface area (Å²) in [7, 11) is 0. The average Bonchev–Trinajstić information content (AvgIpc) is 3.04. The highest BCUT2D eigenvalue weighted by atomic mass is 15.4. The lowest BCUT2D eigenvalue weighted by Crippen LogP contribution is -2.43. The van der Waals surface area contributed by atoms with Gasteiger partial charge < -0.3 is 15.5 Å². The van der Waals surface area contributed by atoms with E-state index in [4.69, 9.17) is 0 Å². The third-order valence-electron chi connectivity index (χ3n) is 3.64. The number of aromatic nitrogens is 5. The molecule has 0 aliphatic carbocycles. The van der Waals surface area contributed by atoms with Gasteiger partial charge in [0.2, 0.25) is 0 Å². The molecule has 1 fully saturated rings. The number of pyridine rings is 1. The van der Waals surface area contributed by atoms with Gasteiger partial charge in [-0.1, -0.05) is 0 Å². The Balaban J connectivity index is 1.56. The summed E-state index contributed by atoms with van der Waals surface area (Å²) in [5.74, 6) is 1.48. The second-order valence-electron chi connectivity index (χ2n) is 5.11. The van der Waals surface area contributed by atoms with Crippen molar-refractivity contribution in [3.63, 3.8) is 0 Å². The van der Waals surface area contributed by atoms with Crippen LogP contribution in [0.4, 0.5) is 17.3 Å². The number of rotatable bonds is 3. The summed E-state index contributed by atoms with van der Waals surface area (Å²) >= 11 is 0. The van der Waals surface area contributed by atoms with Crippen LogP contribution in [0, 0.1) is 0 Å². The van der Waals surface area contributed by atoms with Gasteiger partial charge in [-0.05, 0) is 18.2 Å². The summed E-state index contributed by atoms with van der Waals surface area (Å²) < 4.78 is 1.63. The number of nitrogens with one attached hydrogen (secondary N) is 2. The highest BCUT2D eigenvalue weighted by molar-refractivity contribution is 5.60. The van der Waals surface area contributed by atoms with Gasteiger partial charge >= 0.3 is 0 Å². The molecular formula is C14H16N8. The summed E-state index contributed by atoms with van der Waals surface area (Å²) in [6.07, 6.45) is 3.39. The molecule has 0 radical (unpaired) electrons. The molecule has 0 unspecified atom stereocenters. The molecule has 0 saturated carbocycles. The standard InChI is InChI=1S/C14H16N8/c1-2-14-19-17-10-22(14)20-12(1)18-13-9-11(3-4-16-13)21-7-5-15-6-8-21/h1-4,9-10,15H,5-8H2,(H,16,18,20). The molecule has 8 heteroatoms. The van der Waals surface area contributed by atoms with Crippen LogP contribution in [0.25, 0.3) is 5.65 Å². The number of hydrogen-bond donors (Lipinski definition) is 2. The van der Waals surface area contributed by atoms with Crippen molar-refractivity contribution in [3.05, 3.63) is 36.8 Å². The van der Waals surface area contributed by atoms with Crippen LogP contribution < -0.4 is 15.5 Å². The molecule has 8 nitrogen and oxygen atoms in total. The Bertz CT molecular complexity index is 777. The molecule has 1 saturated heterocycles. The normalized spacial score (nSPS) is 15.2. The molecular weight excluding hydrogens is 280 g/mol. The first-order valence-electron chi connectivity index (χ1n) is 7.24. The first-order valence-corrected chi connectivity index (χ1v) is 7.24. The first kappa shape index (κ1) is 13.0. The lowest BCUT2D eigenvalue weighted by atomic mass is 10.3. The van der Waals surface area contributed by atoms with Crippen molar-refractivity contribution >= 4 is 23.0 Å². The van der Waals surface area contributed by atoms with Gasteiger partial charge in [0.1, 0.15) is 12.1 Å². The molecule has 1 aliphatic heterocycles. The van der Waals surface area contributed by atoms with Crippen molar-refractivity contribution in [2.24, 2.45) is 0 Å². The second kappa shape index (κ2) is 5.57. The third kappa shape index (κ3) is 2.56. The number of anilines is 3. The van der Waals surface area contributed by atoms with Gasteiger partial charge in [-0.15, -0.1) is 15.3 Å². The Morgan fingerprint density at radius 3 is 2.91 bits per heavy atom. The Morgan fingerprint density at radius 2 is 2.00 bits per heavy atom. The molecule has 2 N–H and O–H groups in total. The summed E-state index contributed by atoms with van der Waals surface area (Å²) in [4.78, 5) is 6.71. The quantitative estimate of drug-likeness (QED) is 0.735. The molecule has 4 rings (SSSR count). The molecule has 4 heterocycles. The number of nitrogens with zero attached hydrogens (tertiary/aromatic N) is 6. The van der Waals surface area contributed by atoms with E-state index in [1.54, 1.807) is 10.8 Å². The molecule has 0 amide bonds. The molecule has 3 aromatic rings. The fourth-order valence-corrected chi connectivity index (χ4v) is 2.53. The Morgan fingerprint density at radius 1 is 1.09 bits per heavy atom. The minimum atomic E-state index is 0.706. The zero-order chi connectivity index (χ0) is 14.8. The van der Waals surface area contributed by atoms with E-state index in [0.717, 1.165) is 32.0 Å². The summed E-state index contributed by atoms with van der Waals surface area (Å²) in [6, 6.07) is 7.81. The van der Waals surface area contributed by atoms with E-state index in [-0.39, 0.29) is 0 Å². The maximum absolute atomic E-state index is 4.39. The maximum Gasteiger partial charge on any atom is 0.177 e. The van der Waals surface area contributed by atoms with Crippen molar-refractivity contribution in [3.8, 4) is 0 Å². The topological polar surface area (TPSA) is 83.3 Å². The zero-order valence-corrected chi connectivity index (χ0v) is 12.0. The van der Waals surface area contributed by atoms with Gasteiger partial charge in [-0.2, -0.15) is 4.52 Å². The highest BCUT2D eigenvalue weighted by Gasteiger charge is 2.11. The fourth-order valence-electron chi connectivity index (χ4n) is 2.53. The van der Waals surface area contributed by atoms with Crippen LogP contribution in [0.3, 0.4) is 0 Å². The van der Waals surface area contributed by atoms with Crippen molar-refractivity contribution in [2.45, 2.75) is 0 Å². The Labute approximate surface area is 127 Å². The average molecular weight is 296 g/mol. The van der Waals surface area contributed by atoms with Crippen LogP contribution in [0.1, 0.15) is 0 Å². The van der Waals surface area contributed by atoms with Crippen LogP contribution >= 0.6 is 0 Å². The van der Waals surface area contributed by atoms with Crippen LogP contribution in [0.15, 0.2) is 36.8 Å². The lowest BCUT2D eigenvalue weighted by Gasteiger charge is -2.29. The number of hydrogen-bond acceptors (Lipinski definition) is 7. The Hall–Kier alpha value is -2.74. The van der Waals surface area contributed by atoms with E-state index < -0.39 is 0 Å². The smallest absolute Gasteiger partial charge is 0.177 e. The number of piperazine rings is 1. The van der Waals surface area contributed by atoms with Crippen LogP contribution in [0.2, 0.25) is 0 Å². The summed E-state index contributed by atoms with van der Waals surface area (Å²) in [5, 5.41) is 18.7. The minimum absolute atomic E-state index is 0.706. The Kier molecular flexibility index (Phi) is 3.28. The minimum Gasteiger partial charge on any atom is -0.369 e. The van der Waals surface area contributed by atoms with Gasteiger partial charge in [0.25, 0.3) is 0 Å². The van der Waals surface area contributed by atoms with Crippen molar-refractivity contribution < 1.29 is 0 Å². The van der Waals surface area contributed by atoms with E-state index in [1.807, 2.05) is 30.5 Å². The molecule has 3 aromatic heterocycles. The van der Waals surface area contributed by atoms with E-state index in [0.29, 0.717) is 11.5 Å². The largest absolute Gasteiger partial charge is 0.369 e. The van der Waals surface area contributed by atoms with Gasteiger partial charge in [-0.3, -0.25) is 0 Å². The van der Waals surface area contributed by atoms with Gasteiger partial charge in [0, 0.05) is 44.1 Å². The second-order valence-corrected chi connectivity index (χ2v) is 5.11. The van der Waals surface area contributed by atoms with E-state index in [1.165, 1.54) is 5.69 Å². The van der Waals surface area contributed by atoms with Crippen LogP contribution in [-0.4, -0.2) is 51.0 Å². The van der Waals surface area contributed by atoms with Gasteiger partial charge in [-0.25, -0.2) is 4.98 Å². The zero-order valence-electron chi connectivity index (χ0n) is 12.0. The van der Waals surface area contributed by atoms with Gasteiger partial charge in [0.15, 0.2) is 11.5 Å². The molecule has 0 atom stereocenters. The lowest BCUT2D eigenvalue weighted by molar-refractivity contribution is 0.589. The molecule has 112 valence electrons. The predicted molar refractivity (Wildman–Crippen MR) is 83.4 cm³/mol. The SMILES string of the molecule is c1cc(N2CCNCC2)cc(Nc2ccc3nncn3n2)n1. The van der Waals surface area contributed by atoms with E-state index in [2.05, 4.69) is 35.8 Å². The third-order valence-corrected chi connectivity index (χ3v) is 3.64. The maximum atomic E-state index is 4.39. The van der Waals surface area contributed by atoms with E-state index >= 15 is 0 Å². The highest BCUT2D eigenvalue weighted by Crippen LogP contribution is 2.20. The molecule has 22 heavy (non-hydrogen) atoms. The summed E-state index contributed by atoms with van der Waals surface area (Å²) in [5.41, 5.74) is 1.89. The molecule has 0 aromatic carbocycles.